The second-order valence-electron chi connectivity index (χ2n) is 16.1. The fraction of sp³-hybridized carbons (Fsp3) is 0.822. The molecule has 322 valence electrons. The number of phosphoric acid groups is 1. The number of carbonyl (C=O) groups is 2. The van der Waals surface area contributed by atoms with Gasteiger partial charge in [-0.05, 0) is 70.6 Å². The van der Waals surface area contributed by atoms with Crippen molar-refractivity contribution in [2.75, 3.05) is 47.5 Å². The van der Waals surface area contributed by atoms with Crippen LogP contribution in [0.3, 0.4) is 0 Å². The number of hydrogen-bond donors (Lipinski definition) is 1. The molecule has 0 bridgehead atoms. The number of likely N-dealkylation sites (N-methyl/N-ethyl adjacent to an activating group) is 1. The lowest BCUT2D eigenvalue weighted by atomic mass is 10.1. The van der Waals surface area contributed by atoms with E-state index in [1.54, 1.807) is 0 Å². The Bertz CT molecular complexity index is 1040. The molecule has 0 heterocycles. The van der Waals surface area contributed by atoms with E-state index in [2.05, 4.69) is 50.3 Å². The molecular weight excluding hydrogens is 713 g/mol. The highest BCUT2D eigenvalue weighted by Gasteiger charge is 2.27. The predicted octanol–water partition coefficient (Wildman–Crippen LogP) is 12.5. The van der Waals surface area contributed by atoms with Gasteiger partial charge in [0, 0.05) is 12.8 Å². The molecule has 9 nitrogen and oxygen atoms in total. The Kier molecular flexibility index (Phi) is 36.6. The van der Waals surface area contributed by atoms with Gasteiger partial charge in [0.1, 0.15) is 19.8 Å². The summed E-state index contributed by atoms with van der Waals surface area (Å²) < 4.78 is 34.3. The Labute approximate surface area is 338 Å². The van der Waals surface area contributed by atoms with E-state index in [1.165, 1.54) is 83.5 Å². The molecule has 0 saturated carbocycles. The van der Waals surface area contributed by atoms with Gasteiger partial charge in [0.15, 0.2) is 6.10 Å². The zero-order valence-electron chi connectivity index (χ0n) is 36.2. The molecule has 2 atom stereocenters. The Morgan fingerprint density at radius 2 is 0.982 bits per heavy atom. The number of hydrogen-bond acceptors (Lipinski definition) is 7. The minimum atomic E-state index is -4.37. The molecule has 0 aliphatic rings. The van der Waals surface area contributed by atoms with Crippen molar-refractivity contribution in [1.29, 1.82) is 0 Å². The second kappa shape index (κ2) is 37.8. The van der Waals surface area contributed by atoms with E-state index in [0.717, 1.165) is 70.6 Å². The SMILES string of the molecule is CCCCC/C=C/C/C=C/CCCCCCCCCCCC(=O)O[C@H](COC(=O)CCCCCCC/C=C/CCCCC)COP(=O)(O)OCC[N+](C)(C)C. The van der Waals surface area contributed by atoms with Crippen molar-refractivity contribution in [3.05, 3.63) is 36.5 Å². The minimum absolute atomic E-state index is 0.0294. The lowest BCUT2D eigenvalue weighted by Gasteiger charge is -2.24. The Hall–Kier alpha value is -1.77. The highest BCUT2D eigenvalue weighted by atomic mass is 31.2. The number of ether oxygens (including phenoxy) is 2. The van der Waals surface area contributed by atoms with E-state index in [1.807, 2.05) is 21.1 Å². The quantitative estimate of drug-likeness (QED) is 0.0215. The number of phosphoric ester groups is 1. The highest BCUT2D eigenvalue weighted by molar-refractivity contribution is 7.47. The van der Waals surface area contributed by atoms with Crippen LogP contribution in [0.1, 0.15) is 187 Å². The largest absolute Gasteiger partial charge is 0.472 e. The monoisotopic (exact) mass is 799 g/mol. The molecule has 0 aliphatic heterocycles. The second-order valence-corrected chi connectivity index (χ2v) is 17.5. The summed E-state index contributed by atoms with van der Waals surface area (Å²) in [6.07, 6.45) is 41.9. The van der Waals surface area contributed by atoms with E-state index in [-0.39, 0.29) is 32.0 Å². The summed E-state index contributed by atoms with van der Waals surface area (Å²) in [4.78, 5) is 35.3. The molecule has 0 aromatic rings. The normalized spacial score (nSPS) is 13.9. The molecule has 0 aliphatic carbocycles. The zero-order valence-corrected chi connectivity index (χ0v) is 37.1. The first-order chi connectivity index (χ1) is 26.5. The van der Waals surface area contributed by atoms with Gasteiger partial charge in [-0.15, -0.1) is 0 Å². The van der Waals surface area contributed by atoms with Gasteiger partial charge in [-0.3, -0.25) is 18.6 Å². The third kappa shape index (κ3) is 41.7. The van der Waals surface area contributed by atoms with Crippen LogP contribution in [0.2, 0.25) is 0 Å². The fourth-order valence-electron chi connectivity index (χ4n) is 5.86. The highest BCUT2D eigenvalue weighted by Crippen LogP contribution is 2.43. The van der Waals surface area contributed by atoms with Crippen LogP contribution in [-0.4, -0.2) is 74.9 Å². The van der Waals surface area contributed by atoms with Gasteiger partial charge in [0.25, 0.3) is 0 Å². The first-order valence-electron chi connectivity index (χ1n) is 22.2. The van der Waals surface area contributed by atoms with Crippen molar-refractivity contribution in [1.82, 2.24) is 0 Å². The number of carbonyl (C=O) groups excluding carboxylic acids is 2. The van der Waals surface area contributed by atoms with Crippen molar-refractivity contribution >= 4 is 19.8 Å². The molecule has 1 N–H and O–H groups in total. The third-order valence-electron chi connectivity index (χ3n) is 9.39. The van der Waals surface area contributed by atoms with Crippen molar-refractivity contribution in [2.24, 2.45) is 0 Å². The smallest absolute Gasteiger partial charge is 0.462 e. The van der Waals surface area contributed by atoms with Crippen molar-refractivity contribution in [3.63, 3.8) is 0 Å². The standard InChI is InChI=1S/C45H84NO8P/c1-6-8-10-12-14-16-18-20-21-22-23-24-25-26-28-30-32-34-36-38-45(48)54-43(42-53-55(49,50)52-40-39-46(3,4)5)41-51-44(47)37-35-33-31-29-27-19-17-15-13-11-9-7-2/h14-17,20-21,43H,6-13,18-19,22-42H2,1-5H3/p+1/b16-14+,17-15+,21-20+/t43-/m1/s1. The predicted molar refractivity (Wildman–Crippen MR) is 229 cm³/mol. The van der Waals surface area contributed by atoms with Gasteiger partial charge in [-0.2, -0.15) is 0 Å². The molecule has 0 saturated heterocycles. The number of allylic oxidation sites excluding steroid dienone is 6. The Morgan fingerprint density at radius 1 is 0.564 bits per heavy atom. The van der Waals surface area contributed by atoms with E-state index in [0.29, 0.717) is 17.4 Å². The number of unbranched alkanes of at least 4 members (excludes halogenated alkanes) is 20. The summed E-state index contributed by atoms with van der Waals surface area (Å²) in [5.74, 6) is -0.813. The summed E-state index contributed by atoms with van der Waals surface area (Å²) >= 11 is 0. The number of nitrogens with zero attached hydrogens (tertiary/aromatic N) is 1. The lowest BCUT2D eigenvalue weighted by Crippen LogP contribution is -2.37. The van der Waals surface area contributed by atoms with Crippen LogP contribution in [0.4, 0.5) is 0 Å². The molecule has 10 heteroatoms. The van der Waals surface area contributed by atoms with Gasteiger partial charge in [0.2, 0.25) is 0 Å². The molecule has 0 amide bonds. The molecule has 0 radical (unpaired) electrons. The molecule has 1 unspecified atom stereocenters. The maximum Gasteiger partial charge on any atom is 0.472 e. The fourth-order valence-corrected chi connectivity index (χ4v) is 6.60. The van der Waals surface area contributed by atoms with E-state index >= 15 is 0 Å². The van der Waals surface area contributed by atoms with Crippen LogP contribution in [0, 0.1) is 0 Å². The summed E-state index contributed by atoms with van der Waals surface area (Å²) in [5, 5.41) is 0. The topological polar surface area (TPSA) is 108 Å². The van der Waals surface area contributed by atoms with Crippen LogP contribution in [0.15, 0.2) is 36.5 Å². The third-order valence-corrected chi connectivity index (χ3v) is 10.4. The molecule has 55 heavy (non-hydrogen) atoms. The average Bonchev–Trinajstić information content (AvgIpc) is 3.13. The Morgan fingerprint density at radius 3 is 1.45 bits per heavy atom. The van der Waals surface area contributed by atoms with Gasteiger partial charge < -0.3 is 18.9 Å². The van der Waals surface area contributed by atoms with Crippen LogP contribution in [0.25, 0.3) is 0 Å². The summed E-state index contributed by atoms with van der Waals surface area (Å²) in [6, 6.07) is 0. The minimum Gasteiger partial charge on any atom is -0.462 e. The average molecular weight is 799 g/mol. The number of esters is 2. The summed E-state index contributed by atoms with van der Waals surface area (Å²) in [5.41, 5.74) is 0. The van der Waals surface area contributed by atoms with Gasteiger partial charge >= 0.3 is 19.8 Å². The first-order valence-corrected chi connectivity index (χ1v) is 23.7. The van der Waals surface area contributed by atoms with Crippen molar-refractivity contribution < 1.29 is 42.1 Å². The van der Waals surface area contributed by atoms with E-state index < -0.39 is 26.5 Å². The van der Waals surface area contributed by atoms with Gasteiger partial charge in [-0.1, -0.05) is 140 Å². The maximum absolute atomic E-state index is 12.7. The van der Waals surface area contributed by atoms with Crippen molar-refractivity contribution in [2.45, 2.75) is 193 Å². The van der Waals surface area contributed by atoms with Crippen LogP contribution in [-0.2, 0) is 32.7 Å². The molecular formula is C45H85NO8P+. The zero-order chi connectivity index (χ0) is 40.7. The van der Waals surface area contributed by atoms with Crippen molar-refractivity contribution in [3.8, 4) is 0 Å². The van der Waals surface area contributed by atoms with Crippen LogP contribution < -0.4 is 0 Å². The molecule has 0 rings (SSSR count). The first kappa shape index (κ1) is 53.2. The lowest BCUT2D eigenvalue weighted by molar-refractivity contribution is -0.870. The molecule has 0 spiro atoms. The van der Waals surface area contributed by atoms with Crippen LogP contribution in [0.5, 0.6) is 0 Å². The Balaban J connectivity index is 4.34. The van der Waals surface area contributed by atoms with Crippen LogP contribution >= 0.6 is 7.82 Å². The molecule has 0 fully saturated rings. The number of rotatable bonds is 40. The number of quaternary nitrogens is 1. The van der Waals surface area contributed by atoms with E-state index in [9.17, 15) is 19.0 Å². The summed E-state index contributed by atoms with van der Waals surface area (Å²) in [6.45, 7) is 4.36. The van der Waals surface area contributed by atoms with E-state index in [4.69, 9.17) is 18.5 Å². The maximum atomic E-state index is 12.7. The van der Waals surface area contributed by atoms with Gasteiger partial charge in [-0.25, -0.2) is 4.57 Å². The molecule has 0 aromatic carbocycles. The van der Waals surface area contributed by atoms with Gasteiger partial charge in [0.05, 0.1) is 27.7 Å². The summed E-state index contributed by atoms with van der Waals surface area (Å²) in [7, 11) is 1.47. The molecule has 0 aromatic heterocycles.